The van der Waals surface area contributed by atoms with Crippen molar-refractivity contribution >= 4 is 23.3 Å². The number of benzodiazepines with no additional fused rings is 1. The van der Waals surface area contributed by atoms with Crippen molar-refractivity contribution in [3.63, 3.8) is 0 Å². The number of urea groups is 1. The molecule has 2 aromatic carbocycles. The topological polar surface area (TPSA) is 73.8 Å². The Bertz CT molecular complexity index is 942. The van der Waals surface area contributed by atoms with Gasteiger partial charge in [0.15, 0.2) is 0 Å². The molecule has 3 rings (SSSR count). The fourth-order valence-corrected chi connectivity index (χ4v) is 2.95. The van der Waals surface area contributed by atoms with Gasteiger partial charge in [0, 0.05) is 24.7 Å². The van der Waals surface area contributed by atoms with Gasteiger partial charge >= 0.3 is 6.03 Å². The van der Waals surface area contributed by atoms with E-state index in [1.807, 2.05) is 0 Å². The van der Waals surface area contributed by atoms with Gasteiger partial charge in [0.2, 0.25) is 6.17 Å². The zero-order valence-electron chi connectivity index (χ0n) is 15.5. The summed E-state index contributed by atoms with van der Waals surface area (Å²) in [4.78, 5) is 30.9. The molecule has 1 heterocycles. The molecule has 1 atom stereocenters. The summed E-state index contributed by atoms with van der Waals surface area (Å²) in [5.74, 6) is -0.875. The second-order valence-electron chi connectivity index (χ2n) is 6.25. The summed E-state index contributed by atoms with van der Waals surface area (Å²) in [6.07, 6.45) is 1.09. The van der Waals surface area contributed by atoms with E-state index in [1.165, 1.54) is 11.0 Å². The molecule has 0 radical (unpaired) electrons. The number of aliphatic imine (C=N–C) groups is 1. The first-order valence-electron chi connectivity index (χ1n) is 8.88. The summed E-state index contributed by atoms with van der Waals surface area (Å²) in [5, 5.41) is 5.20. The third-order valence-corrected chi connectivity index (χ3v) is 4.37. The Kier molecular flexibility index (Phi) is 5.84. The summed E-state index contributed by atoms with van der Waals surface area (Å²) < 4.78 is 14.5. The van der Waals surface area contributed by atoms with E-state index in [0.29, 0.717) is 29.9 Å². The molecule has 6 nitrogen and oxygen atoms in total. The molecule has 0 saturated carbocycles. The lowest BCUT2D eigenvalue weighted by atomic mass is 10.00. The van der Waals surface area contributed by atoms with Crippen LogP contribution in [0.5, 0.6) is 0 Å². The monoisotopic (exact) mass is 380 g/mol. The highest BCUT2D eigenvalue weighted by Crippen LogP contribution is 2.27. The number of nitrogens with zero attached hydrogens (tertiary/aromatic N) is 2. The summed E-state index contributed by atoms with van der Waals surface area (Å²) in [6, 6.07) is 12.8. The number of carbonyl (C=O) groups is 2. The van der Waals surface area contributed by atoms with Crippen molar-refractivity contribution in [3.8, 4) is 0 Å². The van der Waals surface area contributed by atoms with E-state index in [9.17, 15) is 14.0 Å². The van der Waals surface area contributed by atoms with Gasteiger partial charge in [0.25, 0.3) is 5.91 Å². The summed E-state index contributed by atoms with van der Waals surface area (Å²) in [6.45, 7) is 3.98. The molecule has 144 valence electrons. The van der Waals surface area contributed by atoms with Crippen LogP contribution in [0.3, 0.4) is 0 Å². The molecule has 3 amide bonds. The van der Waals surface area contributed by atoms with Gasteiger partial charge in [-0.05, 0) is 24.6 Å². The first-order valence-corrected chi connectivity index (χ1v) is 8.88. The zero-order chi connectivity index (χ0) is 20.1. The normalized spacial score (nSPS) is 15.9. The van der Waals surface area contributed by atoms with Gasteiger partial charge in [0.05, 0.1) is 11.4 Å². The van der Waals surface area contributed by atoms with Gasteiger partial charge in [-0.2, -0.15) is 0 Å². The molecular weight excluding hydrogens is 359 g/mol. The number of fused-ring (bicyclic) bond motifs is 1. The fourth-order valence-electron chi connectivity index (χ4n) is 2.95. The largest absolute Gasteiger partial charge is 0.338 e. The van der Waals surface area contributed by atoms with E-state index in [4.69, 9.17) is 0 Å². The van der Waals surface area contributed by atoms with Crippen molar-refractivity contribution in [1.82, 2.24) is 10.6 Å². The number of hydrogen-bond donors (Lipinski definition) is 2. The predicted molar refractivity (Wildman–Crippen MR) is 107 cm³/mol. The van der Waals surface area contributed by atoms with Crippen molar-refractivity contribution in [1.29, 1.82) is 0 Å². The molecule has 0 aromatic heterocycles. The Balaban J connectivity index is 2.03. The number of benzene rings is 2. The average Bonchev–Trinajstić information content (AvgIpc) is 2.80. The number of likely N-dealkylation sites (N-methyl/N-ethyl adjacent to an activating group) is 1. The summed E-state index contributed by atoms with van der Waals surface area (Å²) >= 11 is 0. The lowest BCUT2D eigenvalue weighted by Gasteiger charge is -2.20. The smallest absolute Gasteiger partial charge is 0.316 e. The number of nitrogens with one attached hydrogen (secondary N) is 2. The number of hydrogen-bond acceptors (Lipinski definition) is 3. The predicted octanol–water partition coefficient (Wildman–Crippen LogP) is 2.84. The molecule has 0 saturated heterocycles. The zero-order valence-corrected chi connectivity index (χ0v) is 15.5. The standard InChI is InChI=1S/C21H21FN4O2/c1-3-4-13-23-21(28)25-19-20(27)26(2)17-12-8-6-10-15(17)18(24-19)14-9-5-7-11-16(14)22/h3,5-12,19H,1,4,13H2,2H3,(H2,23,25,28). The van der Waals surface area contributed by atoms with Crippen LogP contribution in [0.4, 0.5) is 14.9 Å². The Morgan fingerprint density at radius 2 is 1.89 bits per heavy atom. The molecular formula is C21H21FN4O2. The molecule has 1 aliphatic heterocycles. The van der Waals surface area contributed by atoms with Crippen LogP contribution in [0, 0.1) is 5.82 Å². The van der Waals surface area contributed by atoms with E-state index in [0.717, 1.165) is 0 Å². The van der Waals surface area contributed by atoms with Crippen LogP contribution in [0.15, 0.2) is 66.2 Å². The minimum Gasteiger partial charge on any atom is -0.338 e. The van der Waals surface area contributed by atoms with Crippen LogP contribution in [0.25, 0.3) is 0 Å². The molecule has 0 fully saturated rings. The van der Waals surface area contributed by atoms with E-state index in [-0.39, 0.29) is 5.56 Å². The van der Waals surface area contributed by atoms with Crippen molar-refractivity contribution < 1.29 is 14.0 Å². The van der Waals surface area contributed by atoms with Gasteiger partial charge < -0.3 is 15.5 Å². The molecule has 0 spiro atoms. The first kappa shape index (κ1) is 19.3. The average molecular weight is 380 g/mol. The number of para-hydroxylation sites is 1. The van der Waals surface area contributed by atoms with Gasteiger partial charge in [0.1, 0.15) is 5.82 Å². The molecule has 0 bridgehead atoms. The molecule has 1 aliphatic rings. The summed E-state index contributed by atoms with van der Waals surface area (Å²) in [7, 11) is 1.60. The highest BCUT2D eigenvalue weighted by atomic mass is 19.1. The van der Waals surface area contributed by atoms with E-state index in [2.05, 4.69) is 22.2 Å². The number of carbonyl (C=O) groups excluding carboxylic acids is 2. The Labute approximate surface area is 162 Å². The number of rotatable bonds is 5. The highest BCUT2D eigenvalue weighted by Gasteiger charge is 2.31. The maximum Gasteiger partial charge on any atom is 0.316 e. The SMILES string of the molecule is C=CCCNC(=O)NC1N=C(c2ccccc2F)c2ccccc2N(C)C1=O. The van der Waals surface area contributed by atoms with Crippen LogP contribution in [0.1, 0.15) is 17.5 Å². The Morgan fingerprint density at radius 3 is 2.61 bits per heavy atom. The van der Waals surface area contributed by atoms with Gasteiger partial charge in [-0.1, -0.05) is 36.4 Å². The van der Waals surface area contributed by atoms with E-state index in [1.54, 1.807) is 55.6 Å². The maximum absolute atomic E-state index is 14.5. The van der Waals surface area contributed by atoms with Gasteiger partial charge in [-0.15, -0.1) is 6.58 Å². The third-order valence-electron chi connectivity index (χ3n) is 4.37. The van der Waals surface area contributed by atoms with Crippen molar-refractivity contribution in [2.24, 2.45) is 4.99 Å². The van der Waals surface area contributed by atoms with Crippen molar-refractivity contribution in [2.75, 3.05) is 18.5 Å². The molecule has 7 heteroatoms. The van der Waals surface area contributed by atoms with Crippen LogP contribution < -0.4 is 15.5 Å². The lowest BCUT2D eigenvalue weighted by Crippen LogP contribution is -2.49. The molecule has 1 unspecified atom stereocenters. The second kappa shape index (κ2) is 8.47. The minimum absolute atomic E-state index is 0.261. The molecule has 28 heavy (non-hydrogen) atoms. The van der Waals surface area contributed by atoms with E-state index >= 15 is 0 Å². The number of anilines is 1. The Morgan fingerprint density at radius 1 is 1.21 bits per heavy atom. The Hall–Kier alpha value is -3.48. The second-order valence-corrected chi connectivity index (χ2v) is 6.25. The van der Waals surface area contributed by atoms with Crippen molar-refractivity contribution in [2.45, 2.75) is 12.6 Å². The van der Waals surface area contributed by atoms with Crippen LogP contribution in [0.2, 0.25) is 0 Å². The van der Waals surface area contributed by atoms with Crippen LogP contribution in [-0.2, 0) is 4.79 Å². The van der Waals surface area contributed by atoms with Crippen LogP contribution >= 0.6 is 0 Å². The lowest BCUT2D eigenvalue weighted by molar-refractivity contribution is -0.119. The molecule has 2 N–H and O–H groups in total. The van der Waals surface area contributed by atoms with Crippen LogP contribution in [-0.4, -0.2) is 37.4 Å². The number of amides is 3. The fraction of sp³-hybridized carbons (Fsp3) is 0.190. The van der Waals surface area contributed by atoms with Crippen molar-refractivity contribution in [3.05, 3.63) is 78.1 Å². The summed E-state index contributed by atoms with van der Waals surface area (Å²) in [5.41, 5.74) is 1.77. The first-order chi connectivity index (χ1) is 13.5. The van der Waals surface area contributed by atoms with Gasteiger partial charge in [-0.25, -0.2) is 14.2 Å². The minimum atomic E-state index is -1.18. The highest BCUT2D eigenvalue weighted by molar-refractivity contribution is 6.20. The quantitative estimate of drug-likeness (QED) is 0.618. The molecule has 2 aromatic rings. The maximum atomic E-state index is 14.5. The third kappa shape index (κ3) is 3.93. The van der Waals surface area contributed by atoms with E-state index < -0.39 is 23.9 Å². The number of halogens is 1. The molecule has 0 aliphatic carbocycles. The van der Waals surface area contributed by atoms with Gasteiger partial charge in [-0.3, -0.25) is 4.79 Å².